The summed E-state index contributed by atoms with van der Waals surface area (Å²) < 4.78 is 5.75. The van der Waals surface area contributed by atoms with E-state index in [9.17, 15) is 0 Å². The third kappa shape index (κ3) is 7.19. The molecule has 1 rings (SSSR count). The van der Waals surface area contributed by atoms with Crippen molar-refractivity contribution in [1.82, 2.24) is 10.2 Å². The van der Waals surface area contributed by atoms with Crippen molar-refractivity contribution in [2.24, 2.45) is 5.92 Å². The lowest BCUT2D eigenvalue weighted by atomic mass is 10.1. The minimum atomic E-state index is 0.750. The summed E-state index contributed by atoms with van der Waals surface area (Å²) in [5, 5.41) is 3.14. The average Bonchev–Trinajstić information content (AvgIpc) is 2.39. The standard InChI is InChI=1S/C16H28N2O/c1-14(2)9-10-18(4)11-12-19-16-7-5-15(6-8-16)13-17-3/h5-8,14,17H,9-13H2,1-4H3. The number of nitrogens with zero attached hydrogens (tertiary/aromatic N) is 1. The van der Waals surface area contributed by atoms with Gasteiger partial charge in [0.15, 0.2) is 0 Å². The maximum absolute atomic E-state index is 5.75. The van der Waals surface area contributed by atoms with Crippen LogP contribution in [0.3, 0.4) is 0 Å². The summed E-state index contributed by atoms with van der Waals surface area (Å²) in [6.07, 6.45) is 1.25. The molecule has 0 aliphatic carbocycles. The Morgan fingerprint density at radius 3 is 2.42 bits per heavy atom. The van der Waals surface area contributed by atoms with Crippen molar-refractivity contribution in [3.8, 4) is 5.75 Å². The van der Waals surface area contributed by atoms with Crippen LogP contribution in [0, 0.1) is 5.92 Å². The number of nitrogens with one attached hydrogen (secondary N) is 1. The second kappa shape index (κ2) is 8.94. The van der Waals surface area contributed by atoms with Gasteiger partial charge in [-0.05, 0) is 50.7 Å². The SMILES string of the molecule is CNCc1ccc(OCCN(C)CCC(C)C)cc1. The van der Waals surface area contributed by atoms with E-state index in [4.69, 9.17) is 4.74 Å². The van der Waals surface area contributed by atoms with Gasteiger partial charge in [-0.15, -0.1) is 0 Å². The Labute approximate surface area is 118 Å². The van der Waals surface area contributed by atoms with Crippen LogP contribution in [0.25, 0.3) is 0 Å². The van der Waals surface area contributed by atoms with E-state index in [1.54, 1.807) is 0 Å². The van der Waals surface area contributed by atoms with Crippen LogP contribution >= 0.6 is 0 Å². The minimum absolute atomic E-state index is 0.750. The first kappa shape index (κ1) is 16.0. The van der Waals surface area contributed by atoms with Gasteiger partial charge in [0.05, 0.1) is 0 Å². The normalized spacial score (nSPS) is 11.3. The third-order valence-corrected chi connectivity index (χ3v) is 3.13. The van der Waals surface area contributed by atoms with Gasteiger partial charge >= 0.3 is 0 Å². The van der Waals surface area contributed by atoms with Crippen LogP contribution in [0.15, 0.2) is 24.3 Å². The molecule has 0 radical (unpaired) electrons. The molecule has 108 valence electrons. The fraction of sp³-hybridized carbons (Fsp3) is 0.625. The zero-order chi connectivity index (χ0) is 14.1. The fourth-order valence-electron chi connectivity index (χ4n) is 1.82. The molecule has 3 heteroatoms. The molecule has 1 aromatic carbocycles. The van der Waals surface area contributed by atoms with E-state index >= 15 is 0 Å². The van der Waals surface area contributed by atoms with Gasteiger partial charge in [0.2, 0.25) is 0 Å². The van der Waals surface area contributed by atoms with Crippen LogP contribution in [-0.4, -0.2) is 38.7 Å². The predicted molar refractivity (Wildman–Crippen MR) is 81.7 cm³/mol. The van der Waals surface area contributed by atoms with Gasteiger partial charge < -0.3 is 15.0 Å². The quantitative estimate of drug-likeness (QED) is 0.742. The lowest BCUT2D eigenvalue weighted by molar-refractivity contribution is 0.230. The minimum Gasteiger partial charge on any atom is -0.492 e. The zero-order valence-electron chi connectivity index (χ0n) is 12.8. The second-order valence-electron chi connectivity index (χ2n) is 5.51. The molecule has 0 atom stereocenters. The Morgan fingerprint density at radius 1 is 1.16 bits per heavy atom. The maximum Gasteiger partial charge on any atom is 0.119 e. The van der Waals surface area contributed by atoms with Gasteiger partial charge in [-0.25, -0.2) is 0 Å². The van der Waals surface area contributed by atoms with Gasteiger partial charge in [0.25, 0.3) is 0 Å². The third-order valence-electron chi connectivity index (χ3n) is 3.13. The molecule has 0 bridgehead atoms. The number of hydrogen-bond donors (Lipinski definition) is 1. The zero-order valence-corrected chi connectivity index (χ0v) is 12.8. The first-order chi connectivity index (χ1) is 9.11. The van der Waals surface area contributed by atoms with E-state index < -0.39 is 0 Å². The highest BCUT2D eigenvalue weighted by Gasteiger charge is 2.01. The van der Waals surface area contributed by atoms with Crippen LogP contribution in [0.2, 0.25) is 0 Å². The highest BCUT2D eigenvalue weighted by atomic mass is 16.5. The molecular formula is C16H28N2O. The molecule has 0 saturated heterocycles. The monoisotopic (exact) mass is 264 g/mol. The molecule has 0 aliphatic rings. The molecule has 19 heavy (non-hydrogen) atoms. The van der Waals surface area contributed by atoms with Gasteiger partial charge in [-0.1, -0.05) is 26.0 Å². The predicted octanol–water partition coefficient (Wildman–Crippen LogP) is 2.76. The Hall–Kier alpha value is -1.06. The van der Waals surface area contributed by atoms with Crippen LogP contribution in [0.5, 0.6) is 5.75 Å². The molecule has 1 aromatic rings. The van der Waals surface area contributed by atoms with E-state index in [1.807, 2.05) is 19.2 Å². The van der Waals surface area contributed by atoms with Gasteiger partial charge in [0, 0.05) is 13.1 Å². The number of hydrogen-bond acceptors (Lipinski definition) is 3. The topological polar surface area (TPSA) is 24.5 Å². The van der Waals surface area contributed by atoms with Crippen LogP contribution in [0.1, 0.15) is 25.8 Å². The van der Waals surface area contributed by atoms with Crippen molar-refractivity contribution in [3.63, 3.8) is 0 Å². The molecule has 0 unspecified atom stereocenters. The Balaban J connectivity index is 2.21. The lowest BCUT2D eigenvalue weighted by Crippen LogP contribution is -2.26. The molecule has 0 spiro atoms. The number of benzene rings is 1. The van der Waals surface area contributed by atoms with Crippen LogP contribution in [0.4, 0.5) is 0 Å². The summed E-state index contributed by atoms with van der Waals surface area (Å²) in [4.78, 5) is 2.33. The molecule has 0 heterocycles. The number of ether oxygens (including phenoxy) is 1. The molecule has 0 saturated carbocycles. The summed E-state index contributed by atoms with van der Waals surface area (Å²) >= 11 is 0. The molecule has 0 fully saturated rings. The van der Waals surface area contributed by atoms with E-state index in [2.05, 4.69) is 43.2 Å². The van der Waals surface area contributed by atoms with E-state index in [0.717, 1.165) is 37.9 Å². The van der Waals surface area contributed by atoms with Crippen molar-refractivity contribution in [2.75, 3.05) is 33.8 Å². The van der Waals surface area contributed by atoms with Crippen molar-refractivity contribution in [1.29, 1.82) is 0 Å². The van der Waals surface area contributed by atoms with Gasteiger partial charge in [-0.3, -0.25) is 0 Å². The van der Waals surface area contributed by atoms with E-state index in [0.29, 0.717) is 0 Å². The van der Waals surface area contributed by atoms with Crippen molar-refractivity contribution in [2.45, 2.75) is 26.8 Å². The molecule has 0 aromatic heterocycles. The molecule has 0 aliphatic heterocycles. The van der Waals surface area contributed by atoms with Crippen molar-refractivity contribution in [3.05, 3.63) is 29.8 Å². The fourth-order valence-corrected chi connectivity index (χ4v) is 1.82. The number of rotatable bonds is 9. The largest absolute Gasteiger partial charge is 0.492 e. The van der Waals surface area contributed by atoms with Gasteiger partial charge in [0.1, 0.15) is 12.4 Å². The Morgan fingerprint density at radius 2 is 1.84 bits per heavy atom. The lowest BCUT2D eigenvalue weighted by Gasteiger charge is -2.18. The smallest absolute Gasteiger partial charge is 0.119 e. The van der Waals surface area contributed by atoms with Crippen LogP contribution < -0.4 is 10.1 Å². The summed E-state index contributed by atoms with van der Waals surface area (Å²) in [5.41, 5.74) is 1.28. The Bertz CT molecular complexity index is 335. The van der Waals surface area contributed by atoms with Gasteiger partial charge in [-0.2, -0.15) is 0 Å². The highest BCUT2D eigenvalue weighted by molar-refractivity contribution is 5.27. The summed E-state index contributed by atoms with van der Waals surface area (Å²) in [6.45, 7) is 8.29. The summed E-state index contributed by atoms with van der Waals surface area (Å²) in [5.74, 6) is 1.72. The number of likely N-dealkylation sites (N-methyl/N-ethyl adjacent to an activating group) is 1. The second-order valence-corrected chi connectivity index (χ2v) is 5.51. The Kier molecular flexibility index (Phi) is 7.53. The highest BCUT2D eigenvalue weighted by Crippen LogP contribution is 2.12. The first-order valence-electron chi connectivity index (χ1n) is 7.16. The molecule has 1 N–H and O–H groups in total. The molecule has 3 nitrogen and oxygen atoms in total. The average molecular weight is 264 g/mol. The van der Waals surface area contributed by atoms with E-state index in [-0.39, 0.29) is 0 Å². The van der Waals surface area contributed by atoms with Crippen molar-refractivity contribution >= 4 is 0 Å². The summed E-state index contributed by atoms with van der Waals surface area (Å²) in [6, 6.07) is 8.30. The molecule has 0 amide bonds. The molecular weight excluding hydrogens is 236 g/mol. The summed E-state index contributed by atoms with van der Waals surface area (Å²) in [7, 11) is 4.11. The maximum atomic E-state index is 5.75. The van der Waals surface area contributed by atoms with Crippen molar-refractivity contribution < 1.29 is 4.74 Å². The first-order valence-corrected chi connectivity index (χ1v) is 7.16. The van der Waals surface area contributed by atoms with Crippen LogP contribution in [-0.2, 0) is 6.54 Å². The van der Waals surface area contributed by atoms with E-state index in [1.165, 1.54) is 12.0 Å².